The molecule has 1 aromatic carbocycles. The van der Waals surface area contributed by atoms with Crippen molar-refractivity contribution in [3.8, 4) is 0 Å². The second-order valence-electron chi connectivity index (χ2n) is 6.59. The molecule has 0 fully saturated rings. The van der Waals surface area contributed by atoms with Crippen molar-refractivity contribution in [1.82, 2.24) is 15.8 Å². The highest BCUT2D eigenvalue weighted by Crippen LogP contribution is 2.26. The molecule has 0 bridgehead atoms. The van der Waals surface area contributed by atoms with E-state index < -0.39 is 0 Å². The highest BCUT2D eigenvalue weighted by Gasteiger charge is 2.28. The summed E-state index contributed by atoms with van der Waals surface area (Å²) in [5.74, 6) is 0.0831. The van der Waals surface area contributed by atoms with Gasteiger partial charge in [0.05, 0.1) is 0 Å². The number of aromatic nitrogens is 1. The third kappa shape index (κ3) is 4.22. The van der Waals surface area contributed by atoms with Crippen molar-refractivity contribution in [2.45, 2.75) is 33.1 Å². The Morgan fingerprint density at radius 2 is 1.62 bits per heavy atom. The monoisotopic (exact) mass is 329 g/mol. The second kappa shape index (κ2) is 7.29. The molecule has 0 spiro atoms. The summed E-state index contributed by atoms with van der Waals surface area (Å²) < 4.78 is 5.17. The molecule has 0 saturated carbocycles. The molecular formula is C18H23N3O3. The number of nitrogens with one attached hydrogen (secondary N) is 2. The van der Waals surface area contributed by atoms with Crippen LogP contribution in [0.2, 0.25) is 0 Å². The Balaban J connectivity index is 1.89. The van der Waals surface area contributed by atoms with E-state index in [1.54, 1.807) is 31.2 Å². The quantitative estimate of drug-likeness (QED) is 0.825. The summed E-state index contributed by atoms with van der Waals surface area (Å²) in [6.45, 7) is 8.30. The second-order valence-corrected chi connectivity index (χ2v) is 6.59. The normalized spacial score (nSPS) is 11.2. The van der Waals surface area contributed by atoms with E-state index in [2.05, 4.69) is 15.8 Å². The Bertz CT molecular complexity index is 715. The van der Waals surface area contributed by atoms with Crippen LogP contribution >= 0.6 is 0 Å². The van der Waals surface area contributed by atoms with Crippen LogP contribution in [0.5, 0.6) is 0 Å². The molecule has 2 amide bonds. The number of aryl methyl sites for hydroxylation is 1. The van der Waals surface area contributed by atoms with Gasteiger partial charge >= 0.3 is 0 Å². The van der Waals surface area contributed by atoms with Gasteiger partial charge in [-0.3, -0.25) is 9.59 Å². The molecule has 1 aromatic heterocycles. The zero-order chi connectivity index (χ0) is 17.7. The van der Waals surface area contributed by atoms with E-state index in [4.69, 9.17) is 4.52 Å². The fourth-order valence-electron chi connectivity index (χ4n) is 2.28. The van der Waals surface area contributed by atoms with Gasteiger partial charge in [-0.1, -0.05) is 44.1 Å². The molecule has 128 valence electrons. The molecule has 6 nitrogen and oxygen atoms in total. The third-order valence-corrected chi connectivity index (χ3v) is 3.53. The first kappa shape index (κ1) is 17.7. The lowest BCUT2D eigenvalue weighted by molar-refractivity contribution is 0.0926. The topological polar surface area (TPSA) is 84.2 Å². The van der Waals surface area contributed by atoms with Crippen LogP contribution in [0.15, 0.2) is 34.9 Å². The number of nitrogens with zero attached hydrogens (tertiary/aromatic N) is 1. The maximum Gasteiger partial charge on any atom is 0.256 e. The van der Waals surface area contributed by atoms with Crippen LogP contribution in [-0.2, 0) is 5.41 Å². The van der Waals surface area contributed by atoms with Crippen LogP contribution in [0.3, 0.4) is 0 Å². The average Bonchev–Trinajstić information content (AvgIpc) is 2.94. The molecule has 0 radical (unpaired) electrons. The van der Waals surface area contributed by atoms with Gasteiger partial charge in [0, 0.05) is 24.1 Å². The molecule has 6 heteroatoms. The first-order valence-corrected chi connectivity index (χ1v) is 7.89. The SMILES string of the molecule is Cc1onc(C(C)(C)C)c1C(=O)NCCNC(=O)c1ccccc1. The molecule has 2 N–H and O–H groups in total. The lowest BCUT2D eigenvalue weighted by atomic mass is 9.88. The standard InChI is InChI=1S/C18H23N3O3/c1-12-14(15(21-24-12)18(2,3)4)17(23)20-11-10-19-16(22)13-8-6-5-7-9-13/h5-9H,10-11H2,1-4H3,(H,19,22)(H,20,23). The molecule has 0 unspecified atom stereocenters. The molecule has 1 heterocycles. The van der Waals surface area contributed by atoms with Gasteiger partial charge in [-0.05, 0) is 19.1 Å². The number of amides is 2. The summed E-state index contributed by atoms with van der Waals surface area (Å²) in [6.07, 6.45) is 0. The van der Waals surface area contributed by atoms with Crippen LogP contribution in [0.25, 0.3) is 0 Å². The highest BCUT2D eigenvalue weighted by molar-refractivity contribution is 5.96. The molecule has 24 heavy (non-hydrogen) atoms. The van der Waals surface area contributed by atoms with Crippen molar-refractivity contribution in [3.05, 3.63) is 52.9 Å². The summed E-state index contributed by atoms with van der Waals surface area (Å²) in [7, 11) is 0. The van der Waals surface area contributed by atoms with Crippen LogP contribution in [0.1, 0.15) is 52.9 Å². The Labute approximate surface area is 141 Å². The minimum atomic E-state index is -0.286. The van der Waals surface area contributed by atoms with Gasteiger partial charge in [-0.25, -0.2) is 0 Å². The van der Waals surface area contributed by atoms with Crippen molar-refractivity contribution in [2.24, 2.45) is 0 Å². The summed E-state index contributed by atoms with van der Waals surface area (Å²) in [6, 6.07) is 8.94. The van der Waals surface area contributed by atoms with Gasteiger partial charge in [0.2, 0.25) is 0 Å². The van der Waals surface area contributed by atoms with Crippen molar-refractivity contribution in [2.75, 3.05) is 13.1 Å². The molecular weight excluding hydrogens is 306 g/mol. The van der Waals surface area contributed by atoms with Gasteiger partial charge < -0.3 is 15.2 Å². The van der Waals surface area contributed by atoms with E-state index in [1.807, 2.05) is 26.8 Å². The van der Waals surface area contributed by atoms with Crippen molar-refractivity contribution in [3.63, 3.8) is 0 Å². The minimum Gasteiger partial charge on any atom is -0.361 e. The van der Waals surface area contributed by atoms with Gasteiger partial charge in [0.1, 0.15) is 17.0 Å². The fourth-order valence-corrected chi connectivity index (χ4v) is 2.28. The zero-order valence-corrected chi connectivity index (χ0v) is 14.5. The lowest BCUT2D eigenvalue weighted by Gasteiger charge is -2.16. The number of hydrogen-bond donors (Lipinski definition) is 2. The zero-order valence-electron chi connectivity index (χ0n) is 14.5. The predicted octanol–water partition coefficient (Wildman–Crippen LogP) is 2.44. The average molecular weight is 329 g/mol. The fraction of sp³-hybridized carbons (Fsp3) is 0.389. The van der Waals surface area contributed by atoms with Crippen molar-refractivity contribution < 1.29 is 14.1 Å². The number of benzene rings is 1. The summed E-state index contributed by atoms with van der Waals surface area (Å²) in [5, 5.41) is 9.56. The maximum atomic E-state index is 12.4. The van der Waals surface area contributed by atoms with Crippen LogP contribution < -0.4 is 10.6 Å². The highest BCUT2D eigenvalue weighted by atomic mass is 16.5. The van der Waals surface area contributed by atoms with Crippen molar-refractivity contribution >= 4 is 11.8 Å². The minimum absolute atomic E-state index is 0.165. The van der Waals surface area contributed by atoms with Crippen LogP contribution in [0, 0.1) is 6.92 Å². The molecule has 2 aromatic rings. The number of rotatable bonds is 5. The molecule has 0 aliphatic heterocycles. The number of carbonyl (C=O) groups excluding carboxylic acids is 2. The van der Waals surface area contributed by atoms with E-state index in [-0.39, 0.29) is 17.2 Å². The van der Waals surface area contributed by atoms with Crippen LogP contribution in [0.4, 0.5) is 0 Å². The Hall–Kier alpha value is -2.63. The van der Waals surface area contributed by atoms with E-state index in [0.29, 0.717) is 35.7 Å². The van der Waals surface area contributed by atoms with Gasteiger partial charge in [0.25, 0.3) is 11.8 Å². The first-order valence-electron chi connectivity index (χ1n) is 7.89. The Morgan fingerprint density at radius 1 is 1.04 bits per heavy atom. The summed E-state index contributed by atoms with van der Waals surface area (Å²) in [5.41, 5.74) is 1.41. The third-order valence-electron chi connectivity index (χ3n) is 3.53. The Morgan fingerprint density at radius 3 is 2.21 bits per heavy atom. The predicted molar refractivity (Wildman–Crippen MR) is 91.0 cm³/mol. The maximum absolute atomic E-state index is 12.4. The summed E-state index contributed by atoms with van der Waals surface area (Å²) >= 11 is 0. The Kier molecular flexibility index (Phi) is 5.39. The molecule has 0 saturated heterocycles. The van der Waals surface area contributed by atoms with E-state index in [9.17, 15) is 9.59 Å². The van der Waals surface area contributed by atoms with Crippen LogP contribution in [-0.4, -0.2) is 30.1 Å². The van der Waals surface area contributed by atoms with Gasteiger partial charge in [0.15, 0.2) is 0 Å². The van der Waals surface area contributed by atoms with Gasteiger partial charge in [-0.15, -0.1) is 0 Å². The number of hydrogen-bond acceptors (Lipinski definition) is 4. The molecule has 0 aliphatic rings. The van der Waals surface area contributed by atoms with E-state index in [1.165, 1.54) is 0 Å². The van der Waals surface area contributed by atoms with Gasteiger partial charge in [-0.2, -0.15) is 0 Å². The van der Waals surface area contributed by atoms with Crippen molar-refractivity contribution in [1.29, 1.82) is 0 Å². The molecule has 0 aliphatic carbocycles. The molecule has 2 rings (SSSR count). The first-order chi connectivity index (χ1) is 11.3. The number of carbonyl (C=O) groups is 2. The van der Waals surface area contributed by atoms with E-state index in [0.717, 1.165) is 0 Å². The van der Waals surface area contributed by atoms with E-state index >= 15 is 0 Å². The largest absolute Gasteiger partial charge is 0.361 e. The smallest absolute Gasteiger partial charge is 0.256 e. The lowest BCUT2D eigenvalue weighted by Crippen LogP contribution is -2.35. The molecule has 0 atom stereocenters. The summed E-state index contributed by atoms with van der Waals surface area (Å²) in [4.78, 5) is 24.3.